The summed E-state index contributed by atoms with van der Waals surface area (Å²) < 4.78 is 0. The number of carbonyl (C=O) groups excluding carboxylic acids is 2. The first-order chi connectivity index (χ1) is 8.28. The summed E-state index contributed by atoms with van der Waals surface area (Å²) in [5.41, 5.74) is 0.0502. The Bertz CT molecular complexity index is 450. The van der Waals surface area contributed by atoms with Crippen LogP contribution in [-0.2, 0) is 4.79 Å². The van der Waals surface area contributed by atoms with E-state index in [1.54, 1.807) is 38.1 Å². The molecule has 0 unspecified atom stereocenters. The molecule has 0 spiro atoms. The summed E-state index contributed by atoms with van der Waals surface area (Å²) in [4.78, 5) is 22.7. The first-order valence-electron chi connectivity index (χ1n) is 5.66. The molecule has 0 heterocycles. The van der Waals surface area contributed by atoms with Gasteiger partial charge in [0, 0.05) is 24.7 Å². The number of benzene rings is 1. The molecule has 2 amide bonds. The molecule has 0 aliphatic rings. The van der Waals surface area contributed by atoms with Crippen LogP contribution in [0.25, 0.3) is 0 Å². The molecule has 1 aromatic carbocycles. The van der Waals surface area contributed by atoms with Gasteiger partial charge in [0.25, 0.3) is 5.91 Å². The minimum absolute atomic E-state index is 0.163. The van der Waals surface area contributed by atoms with E-state index in [-0.39, 0.29) is 18.4 Å². The quantitative estimate of drug-likeness (QED) is 0.750. The molecule has 1 rings (SSSR count). The van der Waals surface area contributed by atoms with Crippen molar-refractivity contribution in [3.05, 3.63) is 29.8 Å². The highest BCUT2D eigenvalue weighted by molar-refractivity contribution is 5.96. The maximum Gasteiger partial charge on any atom is 0.251 e. The summed E-state index contributed by atoms with van der Waals surface area (Å²) >= 11 is 0. The molecule has 1 aromatic rings. The third-order valence-electron chi connectivity index (χ3n) is 2.13. The van der Waals surface area contributed by atoms with Crippen LogP contribution >= 0.6 is 0 Å². The highest BCUT2D eigenvalue weighted by atomic mass is 16.3. The Balaban J connectivity index is 2.71. The van der Waals surface area contributed by atoms with Crippen molar-refractivity contribution in [2.45, 2.75) is 26.4 Å². The van der Waals surface area contributed by atoms with Gasteiger partial charge in [-0.25, -0.2) is 0 Å². The van der Waals surface area contributed by atoms with E-state index >= 15 is 0 Å². The van der Waals surface area contributed by atoms with E-state index in [4.69, 9.17) is 0 Å². The fourth-order valence-electron chi connectivity index (χ4n) is 1.34. The molecule has 0 saturated carbocycles. The highest BCUT2D eigenvalue weighted by Gasteiger charge is 2.14. The Kier molecular flexibility index (Phi) is 4.44. The number of hydrogen-bond acceptors (Lipinski definition) is 3. The predicted octanol–water partition coefficient (Wildman–Crippen LogP) is 1.15. The molecule has 5 nitrogen and oxygen atoms in total. The van der Waals surface area contributed by atoms with Crippen LogP contribution in [0.5, 0.6) is 0 Å². The lowest BCUT2D eigenvalue weighted by Crippen LogP contribution is -2.38. The lowest BCUT2D eigenvalue weighted by molar-refractivity contribution is -0.114. The number of hydrogen-bond donors (Lipinski definition) is 3. The zero-order valence-corrected chi connectivity index (χ0v) is 10.8. The first-order valence-corrected chi connectivity index (χ1v) is 5.66. The molecule has 0 aromatic heterocycles. The highest BCUT2D eigenvalue weighted by Crippen LogP contribution is 2.10. The molecule has 5 heteroatoms. The van der Waals surface area contributed by atoms with Crippen molar-refractivity contribution in [3.8, 4) is 0 Å². The number of nitrogens with one attached hydrogen (secondary N) is 2. The Labute approximate surface area is 106 Å². The van der Waals surface area contributed by atoms with E-state index in [0.717, 1.165) is 0 Å². The van der Waals surface area contributed by atoms with Gasteiger partial charge in [0.1, 0.15) is 0 Å². The molecular formula is C13H18N2O3. The largest absolute Gasteiger partial charge is 0.389 e. The van der Waals surface area contributed by atoms with Crippen LogP contribution in [0.15, 0.2) is 24.3 Å². The van der Waals surface area contributed by atoms with Crippen LogP contribution in [0.3, 0.4) is 0 Å². The second-order valence-electron chi connectivity index (χ2n) is 4.76. The summed E-state index contributed by atoms with van der Waals surface area (Å²) in [6.45, 7) is 4.79. The summed E-state index contributed by atoms with van der Waals surface area (Å²) in [7, 11) is 0. The second-order valence-corrected chi connectivity index (χ2v) is 4.76. The van der Waals surface area contributed by atoms with Gasteiger partial charge in [0.2, 0.25) is 5.91 Å². The predicted molar refractivity (Wildman–Crippen MR) is 69.4 cm³/mol. The molecule has 0 atom stereocenters. The van der Waals surface area contributed by atoms with Crippen molar-refractivity contribution < 1.29 is 14.7 Å². The van der Waals surface area contributed by atoms with Crippen LogP contribution < -0.4 is 10.6 Å². The van der Waals surface area contributed by atoms with Crippen molar-refractivity contribution in [2.24, 2.45) is 0 Å². The maximum atomic E-state index is 11.8. The summed E-state index contributed by atoms with van der Waals surface area (Å²) in [5, 5.41) is 14.7. The van der Waals surface area contributed by atoms with Crippen LogP contribution in [0, 0.1) is 0 Å². The number of anilines is 1. The van der Waals surface area contributed by atoms with E-state index in [2.05, 4.69) is 10.6 Å². The standard InChI is InChI=1S/C13H18N2O3/c1-9(16)15-11-6-4-5-10(7-11)12(17)14-8-13(2,3)18/h4-7,18H,8H2,1-3H3,(H,14,17)(H,15,16). The zero-order chi connectivity index (χ0) is 13.8. The second kappa shape index (κ2) is 5.64. The van der Waals surface area contributed by atoms with E-state index in [0.29, 0.717) is 11.3 Å². The van der Waals surface area contributed by atoms with Gasteiger partial charge in [-0.2, -0.15) is 0 Å². The summed E-state index contributed by atoms with van der Waals surface area (Å²) in [6.07, 6.45) is 0. The number of rotatable bonds is 4. The molecule has 98 valence electrons. The first kappa shape index (κ1) is 14.2. The van der Waals surface area contributed by atoms with E-state index in [9.17, 15) is 14.7 Å². The average Bonchev–Trinajstić information content (AvgIpc) is 2.24. The fourth-order valence-corrected chi connectivity index (χ4v) is 1.34. The van der Waals surface area contributed by atoms with Gasteiger partial charge in [0.15, 0.2) is 0 Å². The van der Waals surface area contributed by atoms with Gasteiger partial charge in [-0.15, -0.1) is 0 Å². The topological polar surface area (TPSA) is 78.4 Å². The average molecular weight is 250 g/mol. The Morgan fingerprint density at radius 2 is 2.00 bits per heavy atom. The van der Waals surface area contributed by atoms with Gasteiger partial charge < -0.3 is 15.7 Å². The van der Waals surface area contributed by atoms with Crippen molar-refractivity contribution in [3.63, 3.8) is 0 Å². The molecule has 18 heavy (non-hydrogen) atoms. The van der Waals surface area contributed by atoms with E-state index < -0.39 is 5.60 Å². The van der Waals surface area contributed by atoms with E-state index in [1.165, 1.54) is 6.92 Å². The zero-order valence-electron chi connectivity index (χ0n) is 10.8. The van der Waals surface area contributed by atoms with Gasteiger partial charge in [-0.1, -0.05) is 6.07 Å². The van der Waals surface area contributed by atoms with Gasteiger partial charge in [-0.05, 0) is 32.0 Å². The Morgan fingerprint density at radius 3 is 2.56 bits per heavy atom. The normalized spacial score (nSPS) is 10.9. The molecule has 0 aliphatic carbocycles. The van der Waals surface area contributed by atoms with Gasteiger partial charge in [0.05, 0.1) is 5.60 Å². The third kappa shape index (κ3) is 4.97. The SMILES string of the molecule is CC(=O)Nc1cccc(C(=O)NCC(C)(C)O)c1. The minimum Gasteiger partial charge on any atom is -0.389 e. The summed E-state index contributed by atoms with van der Waals surface area (Å²) in [6, 6.07) is 6.62. The van der Waals surface area contributed by atoms with Crippen LogP contribution in [-0.4, -0.2) is 29.1 Å². The van der Waals surface area contributed by atoms with Gasteiger partial charge >= 0.3 is 0 Å². The molecule has 3 N–H and O–H groups in total. The van der Waals surface area contributed by atoms with Crippen molar-refractivity contribution >= 4 is 17.5 Å². The fraction of sp³-hybridized carbons (Fsp3) is 0.385. The molecule has 0 radical (unpaired) electrons. The lowest BCUT2D eigenvalue weighted by Gasteiger charge is -2.17. The monoisotopic (exact) mass is 250 g/mol. The van der Waals surface area contributed by atoms with Crippen molar-refractivity contribution in [1.82, 2.24) is 5.32 Å². The minimum atomic E-state index is -0.953. The lowest BCUT2D eigenvalue weighted by atomic mass is 10.1. The maximum absolute atomic E-state index is 11.8. The molecule has 0 fully saturated rings. The number of amides is 2. The smallest absolute Gasteiger partial charge is 0.251 e. The number of aliphatic hydroxyl groups is 1. The van der Waals surface area contributed by atoms with Gasteiger partial charge in [-0.3, -0.25) is 9.59 Å². The van der Waals surface area contributed by atoms with Crippen LogP contribution in [0.1, 0.15) is 31.1 Å². The van der Waals surface area contributed by atoms with Crippen molar-refractivity contribution in [2.75, 3.05) is 11.9 Å². The Morgan fingerprint density at radius 1 is 1.33 bits per heavy atom. The van der Waals surface area contributed by atoms with Crippen molar-refractivity contribution in [1.29, 1.82) is 0 Å². The Hall–Kier alpha value is -1.88. The van der Waals surface area contributed by atoms with Crippen LogP contribution in [0.2, 0.25) is 0 Å². The summed E-state index contributed by atoms with van der Waals surface area (Å²) in [5.74, 6) is -0.478. The van der Waals surface area contributed by atoms with Crippen LogP contribution in [0.4, 0.5) is 5.69 Å². The van der Waals surface area contributed by atoms with E-state index in [1.807, 2.05) is 0 Å². The molecule has 0 saturated heterocycles. The third-order valence-corrected chi connectivity index (χ3v) is 2.13. The molecule has 0 bridgehead atoms. The molecular weight excluding hydrogens is 232 g/mol. The number of carbonyl (C=O) groups is 2. The molecule has 0 aliphatic heterocycles.